The van der Waals surface area contributed by atoms with E-state index in [-0.39, 0.29) is 36.8 Å². The van der Waals surface area contributed by atoms with Crippen LogP contribution in [0.2, 0.25) is 0 Å². The summed E-state index contributed by atoms with van der Waals surface area (Å²) >= 11 is 0. The highest BCUT2D eigenvalue weighted by molar-refractivity contribution is 5.88. The number of aliphatic hydroxyl groups is 1. The van der Waals surface area contributed by atoms with Gasteiger partial charge in [0, 0.05) is 63.9 Å². The van der Waals surface area contributed by atoms with Crippen LogP contribution >= 0.6 is 0 Å². The van der Waals surface area contributed by atoms with Gasteiger partial charge in [-0.2, -0.15) is 4.98 Å². The number of ether oxygens (including phenoxy) is 1. The van der Waals surface area contributed by atoms with E-state index in [9.17, 15) is 19.5 Å². The molecule has 0 bridgehead atoms. The topological polar surface area (TPSA) is 214 Å². The average Bonchev–Trinajstić information content (AvgIpc) is 3.52. The minimum atomic E-state index is -1.02. The fraction of sp³-hybridized carbons (Fsp3) is 0.583. The van der Waals surface area contributed by atoms with Crippen LogP contribution in [0.3, 0.4) is 0 Å². The Kier molecular flexibility index (Phi) is 15.3. The predicted octanol–water partition coefficient (Wildman–Crippen LogP) is 2.55. The maximum Gasteiger partial charge on any atom is 0.320 e. The number of nitrogen functional groups attached to an aromatic ring is 1. The number of carbonyl (C=O) groups is 3. The summed E-state index contributed by atoms with van der Waals surface area (Å²) in [5, 5.41) is 25.0. The Labute approximate surface area is 299 Å². The molecule has 2 aromatic heterocycles. The summed E-state index contributed by atoms with van der Waals surface area (Å²) in [7, 11) is 1.66. The number of carboxylic acid groups (broad SMARTS) is 1. The van der Waals surface area contributed by atoms with Gasteiger partial charge in [-0.1, -0.05) is 25.8 Å². The molecule has 3 heterocycles. The van der Waals surface area contributed by atoms with E-state index in [0.717, 1.165) is 66.8 Å². The van der Waals surface area contributed by atoms with Gasteiger partial charge >= 0.3 is 5.97 Å². The molecule has 0 radical (unpaired) electrons. The van der Waals surface area contributed by atoms with E-state index in [4.69, 9.17) is 21.3 Å². The molecule has 4 rings (SSSR count). The minimum Gasteiger partial charge on any atom is -0.496 e. The molecule has 1 aliphatic heterocycles. The van der Waals surface area contributed by atoms with Gasteiger partial charge in [-0.15, -0.1) is 0 Å². The summed E-state index contributed by atoms with van der Waals surface area (Å²) in [6, 6.07) is 7.11. The van der Waals surface area contributed by atoms with Crippen molar-refractivity contribution in [1.82, 2.24) is 29.7 Å². The van der Waals surface area contributed by atoms with E-state index in [1.54, 1.807) is 7.11 Å². The number of amides is 2. The van der Waals surface area contributed by atoms with Gasteiger partial charge in [-0.05, 0) is 55.9 Å². The number of anilines is 2. The van der Waals surface area contributed by atoms with Crippen molar-refractivity contribution in [1.29, 1.82) is 0 Å². The van der Waals surface area contributed by atoms with E-state index in [1.807, 2.05) is 23.2 Å². The molecule has 0 spiro atoms. The molecule has 1 aromatic carbocycles. The number of hydrogen-bond donors (Lipinski definition) is 6. The second-order valence-corrected chi connectivity index (χ2v) is 13.2. The number of aromatic nitrogens is 3. The zero-order valence-corrected chi connectivity index (χ0v) is 30.0. The molecule has 1 aliphatic rings. The number of piperazine rings is 1. The van der Waals surface area contributed by atoms with Crippen LogP contribution in [0.5, 0.6) is 5.75 Å². The Balaban J connectivity index is 1.27. The zero-order valence-electron chi connectivity index (χ0n) is 30.0. The number of benzene rings is 1. The van der Waals surface area contributed by atoms with Gasteiger partial charge in [-0.3, -0.25) is 19.3 Å². The molecule has 2 unspecified atom stereocenters. The first-order valence-electron chi connectivity index (χ1n) is 18.0. The van der Waals surface area contributed by atoms with Gasteiger partial charge in [0.15, 0.2) is 5.82 Å². The molecule has 51 heavy (non-hydrogen) atoms. The number of hydrogen-bond acceptors (Lipinski definition) is 11. The van der Waals surface area contributed by atoms with Crippen LogP contribution in [0, 0.1) is 0 Å². The average molecular weight is 710 g/mol. The molecule has 2 amide bonds. The first-order chi connectivity index (χ1) is 24.6. The summed E-state index contributed by atoms with van der Waals surface area (Å²) in [6.45, 7) is 6.59. The highest BCUT2D eigenvalue weighted by Gasteiger charge is 2.22. The normalized spacial score (nSPS) is 14.7. The maximum absolute atomic E-state index is 12.9. The number of rotatable bonds is 21. The molecule has 8 N–H and O–H groups in total. The van der Waals surface area contributed by atoms with E-state index in [2.05, 4.69) is 49.1 Å². The van der Waals surface area contributed by atoms with Crippen LogP contribution < -0.4 is 26.8 Å². The fourth-order valence-electron chi connectivity index (χ4n) is 6.35. The number of fused-ring (bicyclic) bond motifs is 1. The van der Waals surface area contributed by atoms with Crippen LogP contribution in [0.15, 0.2) is 30.5 Å². The van der Waals surface area contributed by atoms with Crippen molar-refractivity contribution >= 4 is 40.6 Å². The van der Waals surface area contributed by atoms with Crippen molar-refractivity contribution < 1.29 is 29.3 Å². The highest BCUT2D eigenvalue weighted by atomic mass is 16.5. The third-order valence-electron chi connectivity index (χ3n) is 9.29. The van der Waals surface area contributed by atoms with Crippen molar-refractivity contribution in [2.45, 2.75) is 89.9 Å². The van der Waals surface area contributed by atoms with Crippen molar-refractivity contribution in [2.75, 3.05) is 57.5 Å². The molecule has 3 aromatic rings. The number of aliphatic carboxylic acids is 1. The zero-order chi connectivity index (χ0) is 36.8. The molecule has 280 valence electrons. The summed E-state index contributed by atoms with van der Waals surface area (Å²) in [5.41, 5.74) is 15.2. The van der Waals surface area contributed by atoms with Crippen LogP contribution in [0.25, 0.3) is 11.0 Å². The predicted molar refractivity (Wildman–Crippen MR) is 196 cm³/mol. The summed E-state index contributed by atoms with van der Waals surface area (Å²) in [5.74, 6) is 0.475. The molecular formula is C36H55N9O6. The van der Waals surface area contributed by atoms with Crippen LogP contribution in [-0.2, 0) is 27.5 Å². The Bertz CT molecular complexity index is 1590. The Hall–Kier alpha value is -4.47. The quantitative estimate of drug-likeness (QED) is 0.0881. The van der Waals surface area contributed by atoms with Crippen molar-refractivity contribution in [2.24, 2.45) is 5.73 Å². The number of unbranched alkanes of at least 4 members (excludes halogenated alkanes) is 2. The molecule has 0 saturated carbocycles. The molecule has 1 fully saturated rings. The highest BCUT2D eigenvalue weighted by Crippen LogP contribution is 2.28. The molecule has 15 heteroatoms. The Morgan fingerprint density at radius 3 is 2.49 bits per heavy atom. The van der Waals surface area contributed by atoms with Gasteiger partial charge < -0.3 is 46.5 Å². The Morgan fingerprint density at radius 2 is 1.78 bits per heavy atom. The minimum absolute atomic E-state index is 0.0131. The van der Waals surface area contributed by atoms with Gasteiger partial charge in [0.05, 0.1) is 31.8 Å². The number of methoxy groups -OCH3 is 1. The molecule has 1 saturated heterocycles. The number of nitrogens with two attached hydrogens (primary N) is 2. The maximum atomic E-state index is 12.9. The first-order valence-corrected chi connectivity index (χ1v) is 18.0. The lowest BCUT2D eigenvalue weighted by Gasteiger charge is -2.35. The van der Waals surface area contributed by atoms with E-state index >= 15 is 0 Å². The second kappa shape index (κ2) is 19.8. The third kappa shape index (κ3) is 11.8. The van der Waals surface area contributed by atoms with E-state index in [0.29, 0.717) is 64.1 Å². The fourth-order valence-corrected chi connectivity index (χ4v) is 6.35. The number of nitrogens with zero attached hydrogens (tertiary/aromatic N) is 5. The number of carbonyl (C=O) groups excluding carboxylic acids is 2. The van der Waals surface area contributed by atoms with Gasteiger partial charge in [0.25, 0.3) is 0 Å². The lowest BCUT2D eigenvalue weighted by atomic mass is 10.1. The molecule has 2 atom stereocenters. The smallest absolute Gasteiger partial charge is 0.320 e. The lowest BCUT2D eigenvalue weighted by molar-refractivity contribution is -0.138. The molecule has 15 nitrogen and oxygen atoms in total. The van der Waals surface area contributed by atoms with Gasteiger partial charge in [0.1, 0.15) is 17.3 Å². The first kappa shape index (κ1) is 39.3. The molecular weight excluding hydrogens is 654 g/mol. The van der Waals surface area contributed by atoms with Crippen molar-refractivity contribution in [3.05, 3.63) is 41.6 Å². The van der Waals surface area contributed by atoms with Crippen LogP contribution in [-0.4, -0.2) is 111 Å². The van der Waals surface area contributed by atoms with Gasteiger partial charge in [-0.25, -0.2) is 4.98 Å². The SMILES string of the molecule is CCCCC(CO)Nc1nc(N)nc2ccn(Cc3cc(CN4CCN(C(=O)CCCC(=O)NCCCCC(N)C(=O)O)CC4)ccc3OC)c12. The number of nitrogens with one attached hydrogen (secondary N) is 2. The third-order valence-corrected chi connectivity index (χ3v) is 9.29. The number of aliphatic hydroxyl groups excluding tert-OH is 1. The van der Waals surface area contributed by atoms with Crippen molar-refractivity contribution in [3.8, 4) is 5.75 Å². The van der Waals surface area contributed by atoms with Gasteiger partial charge in [0.2, 0.25) is 17.8 Å². The lowest BCUT2D eigenvalue weighted by Crippen LogP contribution is -2.48. The largest absolute Gasteiger partial charge is 0.496 e. The van der Waals surface area contributed by atoms with E-state index < -0.39 is 12.0 Å². The Morgan fingerprint density at radius 1 is 1.00 bits per heavy atom. The summed E-state index contributed by atoms with van der Waals surface area (Å²) in [6.07, 6.45) is 7.53. The molecule has 0 aliphatic carbocycles. The summed E-state index contributed by atoms with van der Waals surface area (Å²) < 4.78 is 7.81. The monoisotopic (exact) mass is 709 g/mol. The standard InChI is InChI=1S/C36H55N9O6/c1-3-4-8-27(24-46)40-34-33-29(41-36(38)42-34)14-16-45(33)23-26-21-25(12-13-30(26)51-2)22-43-17-19-44(20-18-43)32(48)11-7-10-31(47)39-15-6-5-9-28(37)35(49)50/h12-14,16,21,27-28,46H,3-11,15,17-20,22-24,37H2,1-2H3,(H,39,47)(H,49,50)(H3,38,40,41,42). The van der Waals surface area contributed by atoms with Crippen LogP contribution in [0.1, 0.15) is 75.8 Å². The summed E-state index contributed by atoms with van der Waals surface area (Å²) in [4.78, 5) is 48.9. The van der Waals surface area contributed by atoms with Crippen LogP contribution in [0.4, 0.5) is 11.8 Å². The second-order valence-electron chi connectivity index (χ2n) is 13.2. The van der Waals surface area contributed by atoms with Crippen molar-refractivity contribution in [3.63, 3.8) is 0 Å². The number of carboxylic acids is 1. The van der Waals surface area contributed by atoms with E-state index in [1.165, 1.54) is 0 Å².